The summed E-state index contributed by atoms with van der Waals surface area (Å²) in [5.74, 6) is 1.88. The van der Waals surface area contributed by atoms with Crippen molar-refractivity contribution in [2.24, 2.45) is 7.05 Å². The maximum absolute atomic E-state index is 12.0. The zero-order chi connectivity index (χ0) is 17.4. The third-order valence-electron chi connectivity index (χ3n) is 4.76. The van der Waals surface area contributed by atoms with Gasteiger partial charge in [-0.05, 0) is 42.1 Å². The van der Waals surface area contributed by atoms with Crippen LogP contribution in [0.25, 0.3) is 5.65 Å². The van der Waals surface area contributed by atoms with Crippen molar-refractivity contribution in [3.8, 4) is 5.75 Å². The molecule has 1 unspecified atom stereocenters. The minimum absolute atomic E-state index is 0.174. The zero-order valence-electron chi connectivity index (χ0n) is 14.4. The van der Waals surface area contributed by atoms with Gasteiger partial charge in [0.1, 0.15) is 12.4 Å². The van der Waals surface area contributed by atoms with Gasteiger partial charge in [0.15, 0.2) is 5.82 Å². The summed E-state index contributed by atoms with van der Waals surface area (Å²) < 4.78 is 9.09. The van der Waals surface area contributed by atoms with Crippen LogP contribution < -0.4 is 15.6 Å². The van der Waals surface area contributed by atoms with E-state index in [-0.39, 0.29) is 12.2 Å². The Kier molecular flexibility index (Phi) is 4.01. The van der Waals surface area contributed by atoms with Crippen molar-refractivity contribution in [3.63, 3.8) is 0 Å². The fourth-order valence-corrected chi connectivity index (χ4v) is 3.27. The Labute approximate surface area is 145 Å². The molecule has 0 amide bonds. The van der Waals surface area contributed by atoms with E-state index in [0.717, 1.165) is 25.3 Å². The molecule has 25 heavy (non-hydrogen) atoms. The lowest BCUT2D eigenvalue weighted by molar-refractivity contribution is 0.294. The van der Waals surface area contributed by atoms with E-state index in [0.29, 0.717) is 17.4 Å². The molecule has 0 aliphatic carbocycles. The van der Waals surface area contributed by atoms with Crippen molar-refractivity contribution in [3.05, 3.63) is 57.9 Å². The van der Waals surface area contributed by atoms with Crippen molar-refractivity contribution < 1.29 is 4.74 Å². The Morgan fingerprint density at radius 2 is 2.20 bits per heavy atom. The summed E-state index contributed by atoms with van der Waals surface area (Å²) in [6.07, 6.45) is 4.51. The van der Waals surface area contributed by atoms with Gasteiger partial charge in [-0.3, -0.25) is 9.20 Å². The molecule has 7 heteroatoms. The highest BCUT2D eigenvalue weighted by Crippen LogP contribution is 2.27. The van der Waals surface area contributed by atoms with Crippen LogP contribution in [0.2, 0.25) is 0 Å². The van der Waals surface area contributed by atoms with E-state index in [4.69, 9.17) is 4.74 Å². The number of hydrogen-bond donors (Lipinski definition) is 1. The molecule has 0 saturated carbocycles. The first-order valence-corrected chi connectivity index (χ1v) is 8.49. The van der Waals surface area contributed by atoms with E-state index in [9.17, 15) is 4.79 Å². The number of fused-ring (bicyclic) bond motifs is 2. The first-order valence-electron chi connectivity index (χ1n) is 8.49. The van der Waals surface area contributed by atoms with Gasteiger partial charge >= 0.3 is 0 Å². The second-order valence-electron chi connectivity index (χ2n) is 6.53. The van der Waals surface area contributed by atoms with E-state index in [1.54, 1.807) is 23.8 Å². The van der Waals surface area contributed by atoms with Gasteiger partial charge < -0.3 is 14.6 Å². The van der Waals surface area contributed by atoms with Crippen LogP contribution in [-0.2, 0) is 20.1 Å². The normalized spacial score (nSPS) is 17.3. The quantitative estimate of drug-likeness (QED) is 0.778. The van der Waals surface area contributed by atoms with Crippen LogP contribution in [0.4, 0.5) is 0 Å². The minimum Gasteiger partial charge on any atom is -0.486 e. The zero-order valence-corrected chi connectivity index (χ0v) is 14.4. The maximum Gasteiger partial charge on any atom is 0.295 e. The highest BCUT2D eigenvalue weighted by atomic mass is 16.5. The second-order valence-corrected chi connectivity index (χ2v) is 6.53. The highest BCUT2D eigenvalue weighted by molar-refractivity contribution is 5.39. The van der Waals surface area contributed by atoms with Crippen LogP contribution in [0.3, 0.4) is 0 Å². The summed E-state index contributed by atoms with van der Waals surface area (Å²) in [7, 11) is 1.69. The highest BCUT2D eigenvalue weighted by Gasteiger charge is 2.16. The first-order chi connectivity index (χ1) is 12.1. The number of aryl methyl sites for hydroxylation is 1. The predicted octanol–water partition coefficient (Wildman–Crippen LogP) is 1.26. The molecule has 130 valence electrons. The molecular formula is C18H21N5O2. The third-order valence-corrected chi connectivity index (χ3v) is 4.76. The van der Waals surface area contributed by atoms with Crippen molar-refractivity contribution in [2.45, 2.75) is 25.9 Å². The summed E-state index contributed by atoms with van der Waals surface area (Å²) in [4.78, 5) is 12.0. The van der Waals surface area contributed by atoms with Crippen LogP contribution in [0.5, 0.6) is 5.75 Å². The van der Waals surface area contributed by atoms with Gasteiger partial charge in [0, 0.05) is 26.0 Å². The second kappa shape index (κ2) is 6.33. The number of ether oxygens (including phenoxy) is 1. The van der Waals surface area contributed by atoms with E-state index in [2.05, 4.69) is 34.6 Å². The molecule has 0 saturated heterocycles. The third kappa shape index (κ3) is 2.91. The Morgan fingerprint density at radius 1 is 1.32 bits per heavy atom. The molecule has 3 heterocycles. The lowest BCUT2D eigenvalue weighted by atomic mass is 9.95. The minimum atomic E-state index is -0.174. The van der Waals surface area contributed by atoms with E-state index >= 15 is 0 Å². The standard InChI is InChI=1S/C18H21N5O2/c1-12-10-19-6-5-13-3-4-14(9-15(12)13)25-11-16-20-21-17-18(24)22(2)7-8-23(16)17/h3-4,7-9,12,19H,5-6,10-11H2,1-2H3. The van der Waals surface area contributed by atoms with Crippen LogP contribution >= 0.6 is 0 Å². The number of rotatable bonds is 3. The van der Waals surface area contributed by atoms with Gasteiger partial charge in [-0.15, -0.1) is 10.2 Å². The van der Waals surface area contributed by atoms with Crippen molar-refractivity contribution in [1.29, 1.82) is 0 Å². The van der Waals surface area contributed by atoms with Gasteiger partial charge in [0.25, 0.3) is 5.56 Å². The number of nitrogens with one attached hydrogen (secondary N) is 1. The molecule has 4 rings (SSSR count). The maximum atomic E-state index is 12.0. The molecule has 2 aromatic heterocycles. The molecule has 0 radical (unpaired) electrons. The predicted molar refractivity (Wildman–Crippen MR) is 94.0 cm³/mol. The van der Waals surface area contributed by atoms with Crippen molar-refractivity contribution in [1.82, 2.24) is 24.5 Å². The van der Waals surface area contributed by atoms with Crippen LogP contribution in [0.15, 0.2) is 35.4 Å². The fourth-order valence-electron chi connectivity index (χ4n) is 3.27. The lowest BCUT2D eigenvalue weighted by Gasteiger charge is -2.14. The van der Waals surface area contributed by atoms with Gasteiger partial charge in [0.2, 0.25) is 5.65 Å². The molecule has 1 N–H and O–H groups in total. The number of nitrogens with zero attached hydrogens (tertiary/aromatic N) is 4. The molecule has 1 aliphatic rings. The summed E-state index contributed by atoms with van der Waals surface area (Å²) >= 11 is 0. The summed E-state index contributed by atoms with van der Waals surface area (Å²) in [6, 6.07) is 6.26. The Balaban J connectivity index is 1.58. The van der Waals surface area contributed by atoms with E-state index < -0.39 is 0 Å². The number of hydrogen-bond acceptors (Lipinski definition) is 5. The molecule has 7 nitrogen and oxygen atoms in total. The lowest BCUT2D eigenvalue weighted by Crippen LogP contribution is -2.18. The Morgan fingerprint density at radius 3 is 3.08 bits per heavy atom. The molecule has 1 aliphatic heterocycles. The topological polar surface area (TPSA) is 73.4 Å². The van der Waals surface area contributed by atoms with E-state index in [1.807, 2.05) is 6.07 Å². The van der Waals surface area contributed by atoms with Gasteiger partial charge in [-0.25, -0.2) is 0 Å². The van der Waals surface area contributed by atoms with E-state index in [1.165, 1.54) is 15.7 Å². The Hall–Kier alpha value is -2.67. The van der Waals surface area contributed by atoms with Gasteiger partial charge in [-0.2, -0.15) is 0 Å². The molecule has 1 atom stereocenters. The summed E-state index contributed by atoms with van der Waals surface area (Å²) in [6.45, 7) is 4.48. The molecule has 0 bridgehead atoms. The number of aromatic nitrogens is 4. The van der Waals surface area contributed by atoms with Crippen LogP contribution in [0.1, 0.15) is 29.8 Å². The van der Waals surface area contributed by atoms with Crippen molar-refractivity contribution in [2.75, 3.05) is 13.1 Å². The average molecular weight is 339 g/mol. The van der Waals surface area contributed by atoms with Crippen molar-refractivity contribution >= 4 is 5.65 Å². The molecule has 3 aromatic rings. The molecule has 0 fully saturated rings. The van der Waals surface area contributed by atoms with Gasteiger partial charge in [0.05, 0.1) is 0 Å². The largest absolute Gasteiger partial charge is 0.486 e. The number of benzene rings is 1. The summed E-state index contributed by atoms with van der Waals surface area (Å²) in [5.41, 5.74) is 2.85. The fraction of sp³-hybridized carbons (Fsp3) is 0.389. The molecular weight excluding hydrogens is 318 g/mol. The van der Waals surface area contributed by atoms with Gasteiger partial charge in [-0.1, -0.05) is 13.0 Å². The smallest absolute Gasteiger partial charge is 0.295 e. The van der Waals surface area contributed by atoms with Crippen LogP contribution in [0, 0.1) is 0 Å². The average Bonchev–Trinajstić information content (AvgIpc) is 2.95. The van der Waals surface area contributed by atoms with Crippen LogP contribution in [-0.4, -0.2) is 32.3 Å². The monoisotopic (exact) mass is 339 g/mol. The molecule has 0 spiro atoms. The first kappa shape index (κ1) is 15.8. The SMILES string of the molecule is CC1CNCCc2ccc(OCc3nnc4c(=O)n(C)ccn34)cc21. The Bertz CT molecular complexity index is 975. The summed E-state index contributed by atoms with van der Waals surface area (Å²) in [5, 5.41) is 11.5. The molecule has 1 aromatic carbocycles.